The van der Waals surface area contributed by atoms with Gasteiger partial charge in [-0.1, -0.05) is 23.4 Å². The van der Waals surface area contributed by atoms with E-state index in [1.807, 2.05) is 37.4 Å². The number of rotatable bonds is 3. The summed E-state index contributed by atoms with van der Waals surface area (Å²) in [4.78, 5) is 8.66. The Labute approximate surface area is 104 Å². The molecule has 0 aliphatic rings. The Kier molecular flexibility index (Phi) is 2.74. The average Bonchev–Trinajstić information content (AvgIpc) is 2.87. The lowest BCUT2D eigenvalue weighted by Crippen LogP contribution is -2.06. The minimum Gasteiger partial charge on any atom is -0.334 e. The molecule has 3 aromatic rings. The maximum Gasteiger partial charge on any atom is 0.258 e. The summed E-state index contributed by atoms with van der Waals surface area (Å²) in [5, 5.41) is 7.92. The number of nitrogens with zero attached hydrogens (tertiary/aromatic N) is 3. The van der Waals surface area contributed by atoms with Crippen LogP contribution >= 0.6 is 0 Å². The molecule has 2 aromatic heterocycles. The van der Waals surface area contributed by atoms with Gasteiger partial charge in [0.15, 0.2) is 5.82 Å². The molecule has 0 bridgehead atoms. The highest BCUT2D eigenvalue weighted by atomic mass is 16.5. The number of hydrogen-bond donors (Lipinski definition) is 1. The number of hydrogen-bond acceptors (Lipinski definition) is 5. The average molecular weight is 240 g/mol. The van der Waals surface area contributed by atoms with Crippen LogP contribution in [0.4, 0.5) is 0 Å². The molecule has 0 unspecified atom stereocenters. The lowest BCUT2D eigenvalue weighted by Gasteiger charge is -2.00. The fourth-order valence-corrected chi connectivity index (χ4v) is 1.88. The SMILES string of the molecule is CNCc1noc(-c2ccnc3ccccc23)n1. The molecule has 0 atom stereocenters. The second-order valence-corrected chi connectivity index (χ2v) is 3.92. The predicted octanol–water partition coefficient (Wildman–Crippen LogP) is 2.00. The quantitative estimate of drug-likeness (QED) is 0.758. The maximum absolute atomic E-state index is 5.28. The van der Waals surface area contributed by atoms with E-state index < -0.39 is 0 Å². The number of aromatic nitrogens is 3. The van der Waals surface area contributed by atoms with Crippen molar-refractivity contribution in [1.29, 1.82) is 0 Å². The van der Waals surface area contributed by atoms with Crippen LogP contribution in [-0.2, 0) is 6.54 Å². The van der Waals surface area contributed by atoms with Gasteiger partial charge in [-0.2, -0.15) is 4.98 Å². The van der Waals surface area contributed by atoms with Crippen molar-refractivity contribution < 1.29 is 4.52 Å². The fraction of sp³-hybridized carbons (Fsp3) is 0.154. The van der Waals surface area contributed by atoms with Gasteiger partial charge in [0.25, 0.3) is 5.89 Å². The monoisotopic (exact) mass is 240 g/mol. The molecule has 5 heteroatoms. The number of benzene rings is 1. The summed E-state index contributed by atoms with van der Waals surface area (Å²) in [6.07, 6.45) is 1.75. The summed E-state index contributed by atoms with van der Waals surface area (Å²) in [6.45, 7) is 0.590. The van der Waals surface area contributed by atoms with E-state index >= 15 is 0 Å². The van der Waals surface area contributed by atoms with Crippen LogP contribution in [0, 0.1) is 0 Å². The number of pyridine rings is 1. The third kappa shape index (κ3) is 1.84. The van der Waals surface area contributed by atoms with Crippen LogP contribution in [-0.4, -0.2) is 22.2 Å². The van der Waals surface area contributed by atoms with E-state index in [9.17, 15) is 0 Å². The van der Waals surface area contributed by atoms with Gasteiger partial charge in [0.05, 0.1) is 17.6 Å². The van der Waals surface area contributed by atoms with Crippen LogP contribution < -0.4 is 5.32 Å². The molecule has 1 aromatic carbocycles. The zero-order valence-corrected chi connectivity index (χ0v) is 9.92. The molecule has 0 spiro atoms. The molecule has 0 radical (unpaired) electrons. The summed E-state index contributed by atoms with van der Waals surface area (Å²) < 4.78 is 5.28. The fourth-order valence-electron chi connectivity index (χ4n) is 1.88. The number of nitrogens with one attached hydrogen (secondary N) is 1. The zero-order valence-electron chi connectivity index (χ0n) is 9.92. The number of fused-ring (bicyclic) bond motifs is 1. The van der Waals surface area contributed by atoms with Gasteiger partial charge >= 0.3 is 0 Å². The lowest BCUT2D eigenvalue weighted by molar-refractivity contribution is 0.421. The Morgan fingerprint density at radius 1 is 1.22 bits per heavy atom. The molecule has 1 N–H and O–H groups in total. The van der Waals surface area contributed by atoms with Crippen molar-refractivity contribution >= 4 is 10.9 Å². The van der Waals surface area contributed by atoms with Crippen molar-refractivity contribution in [1.82, 2.24) is 20.4 Å². The topological polar surface area (TPSA) is 63.8 Å². The molecule has 2 heterocycles. The van der Waals surface area contributed by atoms with E-state index in [0.29, 0.717) is 18.3 Å². The van der Waals surface area contributed by atoms with E-state index in [0.717, 1.165) is 16.5 Å². The highest BCUT2D eigenvalue weighted by molar-refractivity contribution is 5.91. The van der Waals surface area contributed by atoms with Crippen LogP contribution in [0.2, 0.25) is 0 Å². The minimum absolute atomic E-state index is 0.527. The Balaban J connectivity index is 2.12. The van der Waals surface area contributed by atoms with Gasteiger partial charge in [0, 0.05) is 11.6 Å². The maximum atomic E-state index is 5.28. The van der Waals surface area contributed by atoms with E-state index in [1.165, 1.54) is 0 Å². The molecule has 3 rings (SSSR count). The van der Waals surface area contributed by atoms with Crippen molar-refractivity contribution in [2.75, 3.05) is 7.05 Å². The third-order valence-electron chi connectivity index (χ3n) is 2.68. The van der Waals surface area contributed by atoms with E-state index in [4.69, 9.17) is 4.52 Å². The zero-order chi connectivity index (χ0) is 12.4. The van der Waals surface area contributed by atoms with Gasteiger partial charge in [0.1, 0.15) is 0 Å². The molecular weight excluding hydrogens is 228 g/mol. The molecule has 0 saturated carbocycles. The molecular formula is C13H12N4O. The highest BCUT2D eigenvalue weighted by Crippen LogP contribution is 2.25. The summed E-state index contributed by atoms with van der Waals surface area (Å²) in [7, 11) is 1.85. The van der Waals surface area contributed by atoms with Gasteiger partial charge in [-0.05, 0) is 19.2 Å². The van der Waals surface area contributed by atoms with Crippen molar-refractivity contribution in [3.8, 4) is 11.5 Å². The minimum atomic E-state index is 0.527. The Bertz CT molecular complexity index is 672. The Morgan fingerprint density at radius 2 is 2.11 bits per heavy atom. The summed E-state index contributed by atoms with van der Waals surface area (Å²) in [5.74, 6) is 1.17. The second-order valence-electron chi connectivity index (χ2n) is 3.92. The summed E-state index contributed by atoms with van der Waals surface area (Å²) in [5.41, 5.74) is 1.83. The van der Waals surface area contributed by atoms with Crippen molar-refractivity contribution in [3.63, 3.8) is 0 Å². The Hall–Kier alpha value is -2.27. The lowest BCUT2D eigenvalue weighted by atomic mass is 10.1. The Morgan fingerprint density at radius 3 is 3.00 bits per heavy atom. The molecule has 18 heavy (non-hydrogen) atoms. The molecule has 0 fully saturated rings. The van der Waals surface area contributed by atoms with Crippen LogP contribution in [0.15, 0.2) is 41.1 Å². The van der Waals surface area contributed by atoms with Crippen LogP contribution in [0.5, 0.6) is 0 Å². The first-order valence-electron chi connectivity index (χ1n) is 5.70. The van der Waals surface area contributed by atoms with Crippen LogP contribution in [0.25, 0.3) is 22.4 Å². The van der Waals surface area contributed by atoms with Crippen molar-refractivity contribution in [3.05, 3.63) is 42.4 Å². The van der Waals surface area contributed by atoms with E-state index in [2.05, 4.69) is 20.4 Å². The molecule has 0 amide bonds. The molecule has 90 valence electrons. The standard InChI is InChI=1S/C13H12N4O/c1-14-8-12-16-13(18-17-12)10-6-7-15-11-5-3-2-4-9(10)11/h2-7,14H,8H2,1H3. The first-order chi connectivity index (χ1) is 8.88. The molecule has 0 aliphatic heterocycles. The smallest absolute Gasteiger partial charge is 0.258 e. The van der Waals surface area contributed by atoms with Gasteiger partial charge < -0.3 is 9.84 Å². The summed E-state index contributed by atoms with van der Waals surface area (Å²) in [6, 6.07) is 9.78. The first kappa shape index (κ1) is 10.9. The molecule has 0 aliphatic carbocycles. The predicted molar refractivity (Wildman–Crippen MR) is 67.8 cm³/mol. The largest absolute Gasteiger partial charge is 0.334 e. The van der Waals surface area contributed by atoms with E-state index in [-0.39, 0.29) is 0 Å². The van der Waals surface area contributed by atoms with Gasteiger partial charge in [-0.15, -0.1) is 0 Å². The number of para-hydroxylation sites is 1. The first-order valence-corrected chi connectivity index (χ1v) is 5.70. The van der Waals surface area contributed by atoms with Gasteiger partial charge in [-0.25, -0.2) is 0 Å². The van der Waals surface area contributed by atoms with Crippen LogP contribution in [0.1, 0.15) is 5.82 Å². The van der Waals surface area contributed by atoms with E-state index in [1.54, 1.807) is 6.20 Å². The summed E-state index contributed by atoms with van der Waals surface area (Å²) >= 11 is 0. The molecule has 5 nitrogen and oxygen atoms in total. The van der Waals surface area contributed by atoms with Gasteiger partial charge in [-0.3, -0.25) is 4.98 Å². The molecule has 0 saturated heterocycles. The van der Waals surface area contributed by atoms with Crippen molar-refractivity contribution in [2.45, 2.75) is 6.54 Å². The second kappa shape index (κ2) is 4.54. The van der Waals surface area contributed by atoms with Crippen molar-refractivity contribution in [2.24, 2.45) is 0 Å². The van der Waals surface area contributed by atoms with Crippen LogP contribution in [0.3, 0.4) is 0 Å². The highest BCUT2D eigenvalue weighted by Gasteiger charge is 2.11. The normalized spacial score (nSPS) is 10.9. The third-order valence-corrected chi connectivity index (χ3v) is 2.68. The van der Waals surface area contributed by atoms with Gasteiger partial charge in [0.2, 0.25) is 0 Å².